The van der Waals surface area contributed by atoms with Gasteiger partial charge in [-0.1, -0.05) is 67.3 Å². The molecule has 0 saturated heterocycles. The molecule has 3 aromatic heterocycles. The number of fused-ring (bicyclic) bond motifs is 5. The summed E-state index contributed by atoms with van der Waals surface area (Å²) in [6.07, 6.45) is 9.11. The zero-order valence-electron chi connectivity index (χ0n) is 18.2. The number of rotatable bonds is 4. The minimum absolute atomic E-state index is 0.568. The van der Waals surface area contributed by atoms with Crippen LogP contribution in [0.4, 0.5) is 0 Å². The van der Waals surface area contributed by atoms with Gasteiger partial charge in [-0.2, -0.15) is 0 Å². The van der Waals surface area contributed by atoms with E-state index in [1.54, 1.807) is 0 Å². The van der Waals surface area contributed by atoms with Crippen molar-refractivity contribution in [3.05, 3.63) is 103 Å². The van der Waals surface area contributed by atoms with E-state index in [1.165, 1.54) is 23.4 Å². The zero-order valence-corrected chi connectivity index (χ0v) is 18.2. The molecule has 0 fully saturated rings. The van der Waals surface area contributed by atoms with Crippen molar-refractivity contribution >= 4 is 44.9 Å². The van der Waals surface area contributed by atoms with Crippen LogP contribution in [0.2, 0.25) is 0 Å². The Hall–Kier alpha value is -4.51. The lowest BCUT2D eigenvalue weighted by atomic mass is 10.1. The first-order valence-corrected chi connectivity index (χ1v) is 10.9. The molecular weight excluding hydrogens is 406 g/mol. The normalized spacial score (nSPS) is 11.8. The summed E-state index contributed by atoms with van der Waals surface area (Å²) in [5.41, 5.74) is 6.46. The average Bonchev–Trinajstić information content (AvgIpc) is 3.38. The molecule has 0 amide bonds. The molecule has 6 aromatic rings. The highest BCUT2D eigenvalue weighted by Gasteiger charge is 2.23. The third kappa shape index (κ3) is 2.76. The summed E-state index contributed by atoms with van der Waals surface area (Å²) < 4.78 is 4.43. The monoisotopic (exact) mass is 427 g/mol. The fourth-order valence-electron chi connectivity index (χ4n) is 4.81. The van der Waals surface area contributed by atoms with Gasteiger partial charge >= 0.3 is 0 Å². The average molecular weight is 428 g/mol. The molecule has 5 heteroatoms. The highest BCUT2D eigenvalue weighted by molar-refractivity contribution is 6.19. The molecule has 0 radical (unpaired) electrons. The second kappa shape index (κ2) is 7.57. The zero-order chi connectivity index (χ0) is 22.4. The molecule has 0 atom stereocenters. The molecule has 0 aliphatic carbocycles. The molecule has 0 aliphatic heterocycles. The minimum Gasteiger partial charge on any atom is -0.307 e. The van der Waals surface area contributed by atoms with Gasteiger partial charge in [-0.25, -0.2) is 15.0 Å². The quantitative estimate of drug-likeness (QED) is 0.319. The summed E-state index contributed by atoms with van der Waals surface area (Å²) >= 11 is 0. The lowest BCUT2D eigenvalue weighted by molar-refractivity contribution is 0.914. The van der Waals surface area contributed by atoms with E-state index >= 15 is 0 Å². The number of para-hydroxylation sites is 2. The van der Waals surface area contributed by atoms with Crippen LogP contribution in [0.25, 0.3) is 56.5 Å². The molecule has 0 saturated carbocycles. The number of hydrogen-bond donors (Lipinski definition) is 0. The minimum atomic E-state index is 0.568. The Kier molecular flexibility index (Phi) is 4.40. The van der Waals surface area contributed by atoms with Gasteiger partial charge in [-0.05, 0) is 31.2 Å². The van der Waals surface area contributed by atoms with Crippen LogP contribution in [-0.4, -0.2) is 24.1 Å². The molecule has 5 nitrogen and oxygen atoms in total. The summed E-state index contributed by atoms with van der Waals surface area (Å²) in [5.74, 6) is 0.568. The standard InChI is InChI=1S/C28H21N5/c1-3-10-20-22-15-16-23-21-13-8-9-14-25(21)32(19-11-6-5-7-12-19)26(23)27(22)33(24(20)4-2)28-30-17-29-18-31-28/h3-18H,2H2,1H3/b10-3-. The van der Waals surface area contributed by atoms with Crippen molar-refractivity contribution in [2.24, 2.45) is 0 Å². The van der Waals surface area contributed by atoms with E-state index in [-0.39, 0.29) is 0 Å². The van der Waals surface area contributed by atoms with Crippen LogP contribution in [-0.2, 0) is 0 Å². The van der Waals surface area contributed by atoms with Gasteiger partial charge in [0, 0.05) is 27.4 Å². The summed E-state index contributed by atoms with van der Waals surface area (Å²) in [7, 11) is 0. The predicted molar refractivity (Wildman–Crippen MR) is 136 cm³/mol. The van der Waals surface area contributed by atoms with Gasteiger partial charge in [0.1, 0.15) is 12.7 Å². The predicted octanol–water partition coefficient (Wildman–Crippen LogP) is 6.59. The lowest BCUT2D eigenvalue weighted by Gasteiger charge is -2.11. The van der Waals surface area contributed by atoms with E-state index in [2.05, 4.69) is 103 Å². The first kappa shape index (κ1) is 19.2. The summed E-state index contributed by atoms with van der Waals surface area (Å²) in [6.45, 7) is 6.15. The Morgan fingerprint density at radius 2 is 1.45 bits per heavy atom. The van der Waals surface area contributed by atoms with Crippen LogP contribution >= 0.6 is 0 Å². The molecule has 0 N–H and O–H groups in total. The van der Waals surface area contributed by atoms with Gasteiger partial charge in [0.15, 0.2) is 0 Å². The Labute approximate surface area is 191 Å². The highest BCUT2D eigenvalue weighted by Crippen LogP contribution is 2.40. The lowest BCUT2D eigenvalue weighted by Crippen LogP contribution is -2.04. The fourth-order valence-corrected chi connectivity index (χ4v) is 4.81. The van der Waals surface area contributed by atoms with E-state index in [0.29, 0.717) is 5.95 Å². The summed E-state index contributed by atoms with van der Waals surface area (Å²) in [5, 5.41) is 3.50. The highest BCUT2D eigenvalue weighted by atomic mass is 15.2. The van der Waals surface area contributed by atoms with Crippen molar-refractivity contribution in [1.82, 2.24) is 24.1 Å². The van der Waals surface area contributed by atoms with Crippen LogP contribution in [0.15, 0.2) is 92.0 Å². The molecule has 33 heavy (non-hydrogen) atoms. The molecule has 0 unspecified atom stereocenters. The molecule has 3 heterocycles. The van der Waals surface area contributed by atoms with Gasteiger partial charge < -0.3 is 4.57 Å². The van der Waals surface area contributed by atoms with Crippen LogP contribution < -0.4 is 0 Å². The smallest absolute Gasteiger partial charge is 0.237 e. The first-order valence-electron chi connectivity index (χ1n) is 10.9. The number of allylic oxidation sites excluding steroid dienone is 1. The van der Waals surface area contributed by atoms with Crippen LogP contribution in [0.5, 0.6) is 0 Å². The second-order valence-corrected chi connectivity index (χ2v) is 7.82. The fraction of sp³-hybridized carbons (Fsp3) is 0.0357. The summed E-state index contributed by atoms with van der Waals surface area (Å²) in [6, 6.07) is 23.4. The maximum Gasteiger partial charge on any atom is 0.237 e. The van der Waals surface area contributed by atoms with Gasteiger partial charge in [-0.15, -0.1) is 0 Å². The van der Waals surface area contributed by atoms with Gasteiger partial charge in [0.05, 0.1) is 22.2 Å². The van der Waals surface area contributed by atoms with E-state index < -0.39 is 0 Å². The van der Waals surface area contributed by atoms with Gasteiger partial charge in [0.2, 0.25) is 5.95 Å². The Bertz CT molecular complexity index is 1670. The number of aromatic nitrogens is 5. The maximum absolute atomic E-state index is 4.50. The van der Waals surface area contributed by atoms with Crippen LogP contribution in [0.1, 0.15) is 18.2 Å². The molecule has 0 spiro atoms. The van der Waals surface area contributed by atoms with Crippen LogP contribution in [0.3, 0.4) is 0 Å². The maximum atomic E-state index is 4.50. The van der Waals surface area contributed by atoms with Crippen molar-refractivity contribution in [1.29, 1.82) is 0 Å². The number of benzene rings is 3. The summed E-state index contributed by atoms with van der Waals surface area (Å²) in [4.78, 5) is 13.0. The third-order valence-corrected chi connectivity index (χ3v) is 6.06. The van der Waals surface area contributed by atoms with Crippen molar-refractivity contribution in [2.75, 3.05) is 0 Å². The Morgan fingerprint density at radius 3 is 2.21 bits per heavy atom. The van der Waals surface area contributed by atoms with Crippen molar-refractivity contribution in [3.8, 4) is 11.6 Å². The Morgan fingerprint density at radius 1 is 0.758 bits per heavy atom. The van der Waals surface area contributed by atoms with E-state index in [1.807, 2.05) is 19.1 Å². The number of hydrogen-bond acceptors (Lipinski definition) is 3. The molecule has 6 rings (SSSR count). The topological polar surface area (TPSA) is 48.5 Å². The molecule has 0 bridgehead atoms. The van der Waals surface area contributed by atoms with E-state index in [9.17, 15) is 0 Å². The van der Waals surface area contributed by atoms with E-state index in [4.69, 9.17) is 0 Å². The molecule has 0 aliphatic rings. The third-order valence-electron chi connectivity index (χ3n) is 6.06. The van der Waals surface area contributed by atoms with Crippen molar-refractivity contribution < 1.29 is 0 Å². The largest absolute Gasteiger partial charge is 0.307 e. The van der Waals surface area contributed by atoms with Crippen molar-refractivity contribution in [2.45, 2.75) is 6.92 Å². The van der Waals surface area contributed by atoms with Gasteiger partial charge in [-0.3, -0.25) is 4.57 Å². The molecule has 3 aromatic carbocycles. The van der Waals surface area contributed by atoms with E-state index in [0.717, 1.165) is 38.9 Å². The first-order chi connectivity index (χ1) is 16.3. The van der Waals surface area contributed by atoms with Crippen molar-refractivity contribution in [3.63, 3.8) is 0 Å². The van der Waals surface area contributed by atoms with Crippen LogP contribution in [0, 0.1) is 0 Å². The number of nitrogens with zero attached hydrogens (tertiary/aromatic N) is 5. The second-order valence-electron chi connectivity index (χ2n) is 7.82. The SMILES string of the molecule is C=Cc1c(/C=C\C)c2ccc3c4ccccc4n(-c4ccccc4)c3c2n1-c1ncncn1. The van der Waals surface area contributed by atoms with Gasteiger partial charge in [0.25, 0.3) is 0 Å². The molecular formula is C28H21N5. The molecule has 158 valence electrons. The Balaban J connectivity index is 1.93.